The van der Waals surface area contributed by atoms with Gasteiger partial charge in [0.25, 0.3) is 0 Å². The van der Waals surface area contributed by atoms with Gasteiger partial charge in [-0.3, -0.25) is 4.79 Å². The summed E-state index contributed by atoms with van der Waals surface area (Å²) in [6, 6.07) is 27.4. The summed E-state index contributed by atoms with van der Waals surface area (Å²) in [6.45, 7) is 0. The molecule has 1 atom stereocenters. The van der Waals surface area contributed by atoms with Gasteiger partial charge >= 0.3 is 0 Å². The standard InChI is InChI=1S/C20H16BrNOS/c21-16-11-13-17(14-12-16)22-20(23)19(15-7-3-1-4-8-15)24-18-9-5-2-6-10-18/h1-14,19H,(H,22,23)/t19-/m1/s1. The minimum Gasteiger partial charge on any atom is -0.325 e. The molecule has 3 aromatic carbocycles. The van der Waals surface area contributed by atoms with E-state index in [0.29, 0.717) is 0 Å². The smallest absolute Gasteiger partial charge is 0.242 e. The van der Waals surface area contributed by atoms with E-state index in [4.69, 9.17) is 0 Å². The highest BCUT2D eigenvalue weighted by atomic mass is 79.9. The average molecular weight is 398 g/mol. The first-order valence-electron chi connectivity index (χ1n) is 7.55. The third-order valence-corrected chi connectivity index (χ3v) is 5.24. The Balaban J connectivity index is 1.83. The second kappa shape index (κ2) is 8.18. The minimum absolute atomic E-state index is 0.0302. The van der Waals surface area contributed by atoms with Crippen molar-refractivity contribution in [3.05, 3.63) is 95.0 Å². The van der Waals surface area contributed by atoms with Gasteiger partial charge in [-0.05, 0) is 42.0 Å². The van der Waals surface area contributed by atoms with Crippen LogP contribution in [0.2, 0.25) is 0 Å². The van der Waals surface area contributed by atoms with Crippen molar-refractivity contribution in [1.82, 2.24) is 0 Å². The van der Waals surface area contributed by atoms with E-state index in [1.807, 2.05) is 84.9 Å². The zero-order valence-corrected chi connectivity index (χ0v) is 15.3. The summed E-state index contributed by atoms with van der Waals surface area (Å²) < 4.78 is 0.985. The summed E-state index contributed by atoms with van der Waals surface area (Å²) in [4.78, 5) is 13.9. The lowest BCUT2D eigenvalue weighted by Crippen LogP contribution is -2.18. The monoisotopic (exact) mass is 397 g/mol. The molecular weight excluding hydrogens is 382 g/mol. The molecule has 24 heavy (non-hydrogen) atoms. The molecule has 0 bridgehead atoms. The molecule has 1 N–H and O–H groups in total. The summed E-state index contributed by atoms with van der Waals surface area (Å²) in [7, 11) is 0. The van der Waals surface area contributed by atoms with Crippen molar-refractivity contribution in [2.45, 2.75) is 10.1 Å². The van der Waals surface area contributed by atoms with E-state index < -0.39 is 0 Å². The number of thioether (sulfide) groups is 1. The number of benzene rings is 3. The largest absolute Gasteiger partial charge is 0.325 e. The number of amides is 1. The van der Waals surface area contributed by atoms with E-state index >= 15 is 0 Å². The Kier molecular flexibility index (Phi) is 5.72. The first-order chi connectivity index (χ1) is 11.7. The van der Waals surface area contributed by atoms with E-state index in [9.17, 15) is 4.79 Å². The van der Waals surface area contributed by atoms with Crippen molar-refractivity contribution >= 4 is 39.3 Å². The molecule has 3 rings (SSSR count). The van der Waals surface area contributed by atoms with Crippen LogP contribution in [0.25, 0.3) is 0 Å². The van der Waals surface area contributed by atoms with Crippen molar-refractivity contribution in [3.8, 4) is 0 Å². The maximum Gasteiger partial charge on any atom is 0.242 e. The second-order valence-electron chi connectivity index (χ2n) is 5.22. The van der Waals surface area contributed by atoms with Crippen molar-refractivity contribution in [2.75, 3.05) is 5.32 Å². The quantitative estimate of drug-likeness (QED) is 0.541. The maximum atomic E-state index is 12.9. The highest BCUT2D eigenvalue weighted by molar-refractivity contribution is 9.10. The Labute approximate surface area is 154 Å². The number of anilines is 1. The fourth-order valence-electron chi connectivity index (χ4n) is 2.28. The predicted molar refractivity (Wildman–Crippen MR) is 104 cm³/mol. The Hall–Kier alpha value is -2.04. The fourth-order valence-corrected chi connectivity index (χ4v) is 3.59. The number of hydrogen-bond donors (Lipinski definition) is 1. The molecule has 1 amide bonds. The normalized spacial score (nSPS) is 11.7. The van der Waals surface area contributed by atoms with Crippen molar-refractivity contribution in [3.63, 3.8) is 0 Å². The molecule has 0 aliphatic heterocycles. The number of rotatable bonds is 5. The van der Waals surface area contributed by atoms with Crippen molar-refractivity contribution in [2.24, 2.45) is 0 Å². The Morgan fingerprint density at radius 3 is 2.04 bits per heavy atom. The molecule has 120 valence electrons. The van der Waals surface area contributed by atoms with Gasteiger partial charge in [0.1, 0.15) is 5.25 Å². The molecule has 4 heteroatoms. The van der Waals surface area contributed by atoms with E-state index in [1.54, 1.807) is 11.8 Å². The predicted octanol–water partition coefficient (Wildman–Crippen LogP) is 5.92. The number of carbonyl (C=O) groups excluding carboxylic acids is 1. The number of carbonyl (C=O) groups is 1. The van der Waals surface area contributed by atoms with Gasteiger partial charge < -0.3 is 5.32 Å². The molecule has 0 fully saturated rings. The first kappa shape index (κ1) is 16.8. The molecular formula is C20H16BrNOS. The summed E-state index contributed by atoms with van der Waals surface area (Å²) in [5.41, 5.74) is 1.78. The van der Waals surface area contributed by atoms with Gasteiger partial charge in [0.15, 0.2) is 0 Å². The summed E-state index contributed by atoms with van der Waals surface area (Å²) in [5.74, 6) is -0.0302. The lowest BCUT2D eigenvalue weighted by atomic mass is 10.1. The van der Waals surface area contributed by atoms with Crippen LogP contribution >= 0.6 is 27.7 Å². The molecule has 0 saturated heterocycles. The van der Waals surface area contributed by atoms with Crippen LogP contribution in [0.1, 0.15) is 10.8 Å². The van der Waals surface area contributed by atoms with Crippen LogP contribution in [-0.2, 0) is 4.79 Å². The van der Waals surface area contributed by atoms with Gasteiger partial charge in [0, 0.05) is 15.1 Å². The maximum absolute atomic E-state index is 12.9. The SMILES string of the molecule is O=C(Nc1ccc(Br)cc1)[C@H](Sc1ccccc1)c1ccccc1. The molecule has 3 aromatic rings. The van der Waals surface area contributed by atoms with Gasteiger partial charge in [0.2, 0.25) is 5.91 Å². The van der Waals surface area contributed by atoms with E-state index in [0.717, 1.165) is 20.6 Å². The molecule has 0 aliphatic carbocycles. The van der Waals surface area contributed by atoms with Crippen LogP contribution in [0.4, 0.5) is 5.69 Å². The van der Waals surface area contributed by atoms with E-state index in [-0.39, 0.29) is 11.2 Å². The fraction of sp³-hybridized carbons (Fsp3) is 0.0500. The second-order valence-corrected chi connectivity index (χ2v) is 7.31. The lowest BCUT2D eigenvalue weighted by molar-refractivity contribution is -0.115. The molecule has 0 unspecified atom stereocenters. The van der Waals surface area contributed by atoms with Crippen LogP contribution in [0.5, 0.6) is 0 Å². The molecule has 0 radical (unpaired) electrons. The van der Waals surface area contributed by atoms with Gasteiger partial charge in [-0.2, -0.15) is 0 Å². The van der Waals surface area contributed by atoms with Crippen LogP contribution in [0.3, 0.4) is 0 Å². The highest BCUT2D eigenvalue weighted by Crippen LogP contribution is 2.36. The number of halogens is 1. The Bertz CT molecular complexity index is 791. The molecule has 2 nitrogen and oxygen atoms in total. The summed E-state index contributed by atoms with van der Waals surface area (Å²) in [5, 5.41) is 2.70. The van der Waals surface area contributed by atoms with Crippen molar-refractivity contribution in [1.29, 1.82) is 0 Å². The Morgan fingerprint density at radius 1 is 0.833 bits per heavy atom. The van der Waals surface area contributed by atoms with Crippen molar-refractivity contribution < 1.29 is 4.79 Å². The number of nitrogens with one attached hydrogen (secondary N) is 1. The molecule has 0 spiro atoms. The van der Waals surface area contributed by atoms with E-state index in [2.05, 4.69) is 21.2 Å². The molecule has 0 aliphatic rings. The zero-order valence-electron chi connectivity index (χ0n) is 12.9. The third-order valence-electron chi connectivity index (χ3n) is 3.45. The lowest BCUT2D eigenvalue weighted by Gasteiger charge is -2.17. The van der Waals surface area contributed by atoms with Gasteiger partial charge in [0.05, 0.1) is 0 Å². The Morgan fingerprint density at radius 2 is 1.42 bits per heavy atom. The molecule has 0 heterocycles. The average Bonchev–Trinajstić information content (AvgIpc) is 2.63. The van der Waals surface area contributed by atoms with Crippen LogP contribution in [0.15, 0.2) is 94.3 Å². The summed E-state index contributed by atoms with van der Waals surface area (Å²) >= 11 is 4.96. The van der Waals surface area contributed by atoms with Gasteiger partial charge in [-0.15, -0.1) is 11.8 Å². The highest BCUT2D eigenvalue weighted by Gasteiger charge is 2.22. The van der Waals surface area contributed by atoms with Gasteiger partial charge in [-0.25, -0.2) is 0 Å². The first-order valence-corrected chi connectivity index (χ1v) is 9.23. The zero-order chi connectivity index (χ0) is 16.8. The minimum atomic E-state index is -0.308. The van der Waals surface area contributed by atoms with Crippen LogP contribution < -0.4 is 5.32 Å². The third kappa shape index (κ3) is 4.49. The topological polar surface area (TPSA) is 29.1 Å². The van der Waals surface area contributed by atoms with Crippen LogP contribution in [-0.4, -0.2) is 5.91 Å². The molecule has 0 saturated carbocycles. The van der Waals surface area contributed by atoms with E-state index in [1.165, 1.54) is 0 Å². The van der Waals surface area contributed by atoms with Crippen LogP contribution in [0, 0.1) is 0 Å². The van der Waals surface area contributed by atoms with Gasteiger partial charge in [-0.1, -0.05) is 64.5 Å². The number of hydrogen-bond acceptors (Lipinski definition) is 2. The molecule has 0 aromatic heterocycles. The summed E-state index contributed by atoms with van der Waals surface area (Å²) in [6.07, 6.45) is 0.